The molecule has 30 heavy (non-hydrogen) atoms. The third-order valence-corrected chi connectivity index (χ3v) is 5.15. The van der Waals surface area contributed by atoms with Gasteiger partial charge in [0.05, 0.1) is 4.92 Å². The lowest BCUT2D eigenvalue weighted by Gasteiger charge is -2.10. The maximum absolute atomic E-state index is 11.4. The number of aromatic hydroxyl groups is 2. The van der Waals surface area contributed by atoms with Gasteiger partial charge >= 0.3 is 5.69 Å². The lowest BCUT2D eigenvalue weighted by molar-refractivity contribution is -0.385. The highest BCUT2D eigenvalue weighted by molar-refractivity contribution is 5.88. The first-order valence-corrected chi connectivity index (χ1v) is 9.80. The Hall–Kier alpha value is -3.67. The number of phenolic OH excluding ortho intramolecular Hbond substituents is 2. The Balaban J connectivity index is 2.00. The van der Waals surface area contributed by atoms with Gasteiger partial charge in [0.25, 0.3) is 0 Å². The third kappa shape index (κ3) is 4.84. The molecule has 3 rings (SSSR count). The van der Waals surface area contributed by atoms with Gasteiger partial charge in [-0.05, 0) is 53.6 Å². The number of phenols is 2. The summed E-state index contributed by atoms with van der Waals surface area (Å²) in [6.45, 7) is 4.16. The largest absolute Gasteiger partial charge is 0.506 e. The van der Waals surface area contributed by atoms with E-state index in [1.807, 2.05) is 36.4 Å². The molecule has 3 aromatic carbocycles. The van der Waals surface area contributed by atoms with Crippen molar-refractivity contribution in [2.24, 2.45) is 4.99 Å². The molecule has 0 fully saturated rings. The second-order valence-electron chi connectivity index (χ2n) is 7.29. The van der Waals surface area contributed by atoms with Gasteiger partial charge in [0, 0.05) is 17.8 Å². The van der Waals surface area contributed by atoms with Gasteiger partial charge in [0.1, 0.15) is 11.4 Å². The van der Waals surface area contributed by atoms with Crippen LogP contribution in [0.25, 0.3) is 0 Å². The summed E-state index contributed by atoms with van der Waals surface area (Å²) in [5.74, 6) is -0.130. The van der Waals surface area contributed by atoms with Gasteiger partial charge in [-0.3, -0.25) is 15.1 Å². The number of benzene rings is 3. The van der Waals surface area contributed by atoms with Crippen molar-refractivity contribution in [1.82, 2.24) is 0 Å². The third-order valence-electron chi connectivity index (χ3n) is 5.15. The monoisotopic (exact) mass is 404 g/mol. The zero-order valence-electron chi connectivity index (χ0n) is 16.9. The van der Waals surface area contributed by atoms with Crippen molar-refractivity contribution >= 4 is 17.6 Å². The van der Waals surface area contributed by atoms with Crippen LogP contribution < -0.4 is 0 Å². The smallest absolute Gasteiger partial charge is 0.311 e. The Labute approximate surface area is 175 Å². The topological polar surface area (TPSA) is 96.0 Å². The van der Waals surface area contributed by atoms with E-state index in [-0.39, 0.29) is 17.0 Å². The van der Waals surface area contributed by atoms with E-state index in [4.69, 9.17) is 0 Å². The Morgan fingerprint density at radius 1 is 1.07 bits per heavy atom. The predicted molar refractivity (Wildman–Crippen MR) is 118 cm³/mol. The molecule has 2 N–H and O–H groups in total. The molecular formula is C24H24N2O4. The summed E-state index contributed by atoms with van der Waals surface area (Å²) in [6, 6.07) is 17.9. The van der Waals surface area contributed by atoms with Crippen molar-refractivity contribution in [1.29, 1.82) is 0 Å². The molecule has 0 amide bonds. The van der Waals surface area contributed by atoms with Gasteiger partial charge in [0.15, 0.2) is 0 Å². The number of nitrogens with zero attached hydrogens (tertiary/aromatic N) is 2. The van der Waals surface area contributed by atoms with Gasteiger partial charge in [-0.1, -0.05) is 50.2 Å². The van der Waals surface area contributed by atoms with E-state index in [0.29, 0.717) is 23.6 Å². The normalized spacial score (nSPS) is 12.2. The number of nitro benzene ring substituents is 1. The van der Waals surface area contributed by atoms with E-state index in [2.05, 4.69) is 18.8 Å². The van der Waals surface area contributed by atoms with Crippen LogP contribution in [0.4, 0.5) is 11.4 Å². The molecule has 0 saturated heterocycles. The van der Waals surface area contributed by atoms with Crippen molar-refractivity contribution in [2.75, 3.05) is 0 Å². The molecule has 0 radical (unpaired) electrons. The molecule has 0 spiro atoms. The fourth-order valence-electron chi connectivity index (χ4n) is 3.20. The van der Waals surface area contributed by atoms with Crippen molar-refractivity contribution < 1.29 is 15.1 Å². The van der Waals surface area contributed by atoms with Crippen LogP contribution in [-0.4, -0.2) is 21.4 Å². The molecule has 0 aromatic heterocycles. The fraction of sp³-hybridized carbons (Fsp3) is 0.208. The molecule has 0 aliphatic rings. The summed E-state index contributed by atoms with van der Waals surface area (Å²) < 4.78 is 0. The number of hydrogen-bond acceptors (Lipinski definition) is 5. The van der Waals surface area contributed by atoms with Crippen LogP contribution in [0, 0.1) is 10.1 Å². The van der Waals surface area contributed by atoms with Gasteiger partial charge in [-0.2, -0.15) is 0 Å². The average molecular weight is 404 g/mol. The molecule has 6 nitrogen and oxygen atoms in total. The molecule has 6 heteroatoms. The number of aliphatic imine (C=N–C) groups is 1. The van der Waals surface area contributed by atoms with Crippen molar-refractivity contribution in [2.45, 2.75) is 32.6 Å². The van der Waals surface area contributed by atoms with E-state index >= 15 is 0 Å². The summed E-state index contributed by atoms with van der Waals surface area (Å²) in [6.07, 6.45) is 2.78. The Morgan fingerprint density at radius 3 is 2.47 bits per heavy atom. The first-order chi connectivity index (χ1) is 14.4. The maximum atomic E-state index is 11.4. The average Bonchev–Trinajstić information content (AvgIpc) is 2.74. The van der Waals surface area contributed by atoms with E-state index in [1.165, 1.54) is 12.3 Å². The lowest BCUT2D eigenvalue weighted by Crippen LogP contribution is -1.97. The Morgan fingerprint density at radius 2 is 1.80 bits per heavy atom. The zero-order chi connectivity index (χ0) is 21.7. The molecule has 0 aliphatic carbocycles. The summed E-state index contributed by atoms with van der Waals surface area (Å²) >= 11 is 0. The number of nitro groups is 1. The van der Waals surface area contributed by atoms with Crippen LogP contribution in [0.3, 0.4) is 0 Å². The van der Waals surface area contributed by atoms with Crippen LogP contribution in [0.5, 0.6) is 11.5 Å². The highest BCUT2D eigenvalue weighted by atomic mass is 16.6. The van der Waals surface area contributed by atoms with Crippen LogP contribution in [0.15, 0.2) is 65.7 Å². The van der Waals surface area contributed by atoms with Crippen molar-refractivity contribution in [3.8, 4) is 11.5 Å². The fourth-order valence-corrected chi connectivity index (χ4v) is 3.20. The van der Waals surface area contributed by atoms with Crippen LogP contribution in [0.2, 0.25) is 0 Å². The number of hydrogen-bond donors (Lipinski definition) is 2. The number of rotatable bonds is 7. The predicted octanol–water partition coefficient (Wildman–Crippen LogP) is 5.86. The summed E-state index contributed by atoms with van der Waals surface area (Å²) in [4.78, 5) is 15.1. The SMILES string of the molecule is CC[C@@H](C)c1ccc(O)c(N=Cc2cc(Cc3ccccc3)cc([N+](=O)[O-])c2O)c1. The van der Waals surface area contributed by atoms with E-state index in [0.717, 1.165) is 17.5 Å². The molecule has 154 valence electrons. The quantitative estimate of drug-likeness (QED) is 0.293. The summed E-state index contributed by atoms with van der Waals surface area (Å²) in [7, 11) is 0. The lowest BCUT2D eigenvalue weighted by atomic mass is 9.98. The van der Waals surface area contributed by atoms with Crippen LogP contribution >= 0.6 is 0 Å². The first-order valence-electron chi connectivity index (χ1n) is 9.80. The zero-order valence-corrected chi connectivity index (χ0v) is 16.9. The molecule has 0 aliphatic heterocycles. The summed E-state index contributed by atoms with van der Waals surface area (Å²) in [5.41, 5.74) is 2.92. The van der Waals surface area contributed by atoms with Crippen molar-refractivity contribution in [3.05, 3.63) is 93.0 Å². The van der Waals surface area contributed by atoms with Crippen LogP contribution in [-0.2, 0) is 6.42 Å². The molecule has 0 bridgehead atoms. The van der Waals surface area contributed by atoms with Gasteiger partial charge < -0.3 is 10.2 Å². The highest BCUT2D eigenvalue weighted by Gasteiger charge is 2.18. The summed E-state index contributed by atoms with van der Waals surface area (Å²) in [5, 5.41) is 31.9. The standard InChI is InChI=1S/C24H24N2O4/c1-3-16(2)19-9-10-23(27)21(14-19)25-15-20-12-18(11-17-7-5-4-6-8-17)13-22(24(20)28)26(29)30/h4-10,12-16,27-28H,3,11H2,1-2H3/t16-/m1/s1. The van der Waals surface area contributed by atoms with Crippen molar-refractivity contribution in [3.63, 3.8) is 0 Å². The maximum Gasteiger partial charge on any atom is 0.311 e. The minimum Gasteiger partial charge on any atom is -0.506 e. The van der Waals surface area contributed by atoms with E-state index in [1.54, 1.807) is 18.2 Å². The molecule has 3 aromatic rings. The van der Waals surface area contributed by atoms with E-state index < -0.39 is 10.7 Å². The molecule has 1 atom stereocenters. The molecule has 0 saturated carbocycles. The minimum atomic E-state index is -0.609. The molecule has 0 heterocycles. The van der Waals surface area contributed by atoms with Gasteiger partial charge in [0.2, 0.25) is 5.75 Å². The molecular weight excluding hydrogens is 380 g/mol. The van der Waals surface area contributed by atoms with E-state index in [9.17, 15) is 20.3 Å². The first kappa shape index (κ1) is 21.0. The second kappa shape index (κ2) is 9.22. The second-order valence-corrected chi connectivity index (χ2v) is 7.29. The Kier molecular flexibility index (Phi) is 6.47. The Bertz CT molecular complexity index is 1080. The molecule has 0 unspecified atom stereocenters. The van der Waals surface area contributed by atoms with Gasteiger partial charge in [-0.25, -0.2) is 0 Å². The van der Waals surface area contributed by atoms with Gasteiger partial charge in [-0.15, -0.1) is 0 Å². The van der Waals surface area contributed by atoms with Crippen LogP contribution in [0.1, 0.15) is 48.4 Å². The minimum absolute atomic E-state index is 0.00716. The highest BCUT2D eigenvalue weighted by Crippen LogP contribution is 2.34.